The zero-order chi connectivity index (χ0) is 18.5. The van der Waals surface area contributed by atoms with Crippen molar-refractivity contribution in [3.8, 4) is 11.1 Å². The van der Waals surface area contributed by atoms with Gasteiger partial charge in [-0.2, -0.15) is 0 Å². The van der Waals surface area contributed by atoms with Gasteiger partial charge in [-0.3, -0.25) is 0 Å². The lowest BCUT2D eigenvalue weighted by Crippen LogP contribution is -2.26. The van der Waals surface area contributed by atoms with Gasteiger partial charge in [-0.1, -0.05) is 29.8 Å². The number of pyridine rings is 1. The Labute approximate surface area is 159 Å². The molecule has 27 heavy (non-hydrogen) atoms. The Morgan fingerprint density at radius 3 is 2.81 bits per heavy atom. The number of para-hydroxylation sites is 1. The maximum Gasteiger partial charge on any atom is 0.333 e. The summed E-state index contributed by atoms with van der Waals surface area (Å²) in [6.07, 6.45) is 5.13. The zero-order valence-electron chi connectivity index (χ0n) is 14.2. The molecule has 2 aromatic heterocycles. The van der Waals surface area contributed by atoms with Crippen molar-refractivity contribution < 1.29 is 13.9 Å². The average Bonchev–Trinajstić information content (AvgIpc) is 3.28. The van der Waals surface area contributed by atoms with E-state index < -0.39 is 5.82 Å². The molecular formula is C20H15ClFN3O2. The van der Waals surface area contributed by atoms with E-state index in [4.69, 9.17) is 16.3 Å². The van der Waals surface area contributed by atoms with Crippen LogP contribution >= 0.6 is 11.6 Å². The maximum atomic E-state index is 14.1. The van der Waals surface area contributed by atoms with Crippen molar-refractivity contribution in [2.45, 2.75) is 18.9 Å². The standard InChI is InChI=1S/C20H15ClFN3O2/c21-19-15(22)7-11(9-23-19)18-14-3-1-2-4-16(14)24-20(18)25(12-5-6-12)13-8-17(26)27-10-13/h1-4,7-9,12,24H,5-6,10H2. The molecule has 0 bridgehead atoms. The Morgan fingerprint density at radius 1 is 1.30 bits per heavy atom. The number of hydrogen-bond donors (Lipinski definition) is 1. The third-order valence-electron chi connectivity index (χ3n) is 4.88. The highest BCUT2D eigenvalue weighted by Crippen LogP contribution is 2.44. The second-order valence-electron chi connectivity index (χ2n) is 6.74. The minimum Gasteiger partial charge on any atom is -0.456 e. The maximum absolute atomic E-state index is 14.1. The summed E-state index contributed by atoms with van der Waals surface area (Å²) in [7, 11) is 0. The number of aromatic amines is 1. The quantitative estimate of drug-likeness (QED) is 0.534. The fourth-order valence-corrected chi connectivity index (χ4v) is 3.66. The molecule has 0 saturated heterocycles. The average molecular weight is 384 g/mol. The zero-order valence-corrected chi connectivity index (χ0v) is 15.0. The molecule has 1 N–H and O–H groups in total. The predicted octanol–water partition coefficient (Wildman–Crippen LogP) is 4.43. The number of fused-ring (bicyclic) bond motifs is 1. The number of halogens is 2. The number of aromatic nitrogens is 2. The molecule has 3 aromatic rings. The summed E-state index contributed by atoms with van der Waals surface area (Å²) in [5, 5.41) is 0.796. The Bertz CT molecular complexity index is 1100. The number of carbonyl (C=O) groups excluding carboxylic acids is 1. The van der Waals surface area contributed by atoms with Crippen molar-refractivity contribution in [2.24, 2.45) is 0 Å². The number of cyclic esters (lactones) is 1. The van der Waals surface area contributed by atoms with Crippen LogP contribution in [0.1, 0.15) is 12.8 Å². The van der Waals surface area contributed by atoms with Crippen LogP contribution in [0.25, 0.3) is 22.0 Å². The lowest BCUT2D eigenvalue weighted by atomic mass is 10.0. The number of esters is 1. The highest BCUT2D eigenvalue weighted by molar-refractivity contribution is 6.29. The molecule has 3 heterocycles. The molecule has 1 aromatic carbocycles. The third kappa shape index (κ3) is 2.77. The van der Waals surface area contributed by atoms with E-state index in [1.807, 2.05) is 24.3 Å². The highest BCUT2D eigenvalue weighted by Gasteiger charge is 2.36. The van der Waals surface area contributed by atoms with Gasteiger partial charge in [0.05, 0.1) is 5.70 Å². The van der Waals surface area contributed by atoms with Gasteiger partial charge < -0.3 is 14.6 Å². The molecule has 0 amide bonds. The van der Waals surface area contributed by atoms with Gasteiger partial charge >= 0.3 is 5.97 Å². The summed E-state index contributed by atoms with van der Waals surface area (Å²) in [6.45, 7) is 0.233. The molecule has 1 fully saturated rings. The molecule has 5 nitrogen and oxygen atoms in total. The van der Waals surface area contributed by atoms with Crippen LogP contribution in [0.5, 0.6) is 0 Å². The molecule has 1 aliphatic heterocycles. The van der Waals surface area contributed by atoms with Gasteiger partial charge in [0, 0.05) is 40.3 Å². The van der Waals surface area contributed by atoms with Crippen LogP contribution in [-0.2, 0) is 9.53 Å². The van der Waals surface area contributed by atoms with Crippen LogP contribution in [0.3, 0.4) is 0 Å². The van der Waals surface area contributed by atoms with Gasteiger partial charge in [-0.25, -0.2) is 14.2 Å². The second kappa shape index (κ2) is 6.09. The Morgan fingerprint density at radius 2 is 2.11 bits per heavy atom. The van der Waals surface area contributed by atoms with Gasteiger partial charge in [0.2, 0.25) is 0 Å². The molecule has 0 atom stereocenters. The number of anilines is 1. The minimum absolute atomic E-state index is 0.156. The summed E-state index contributed by atoms with van der Waals surface area (Å²) in [6, 6.07) is 9.50. The van der Waals surface area contributed by atoms with E-state index >= 15 is 0 Å². The van der Waals surface area contributed by atoms with Crippen molar-refractivity contribution >= 4 is 34.3 Å². The Balaban J connectivity index is 1.75. The smallest absolute Gasteiger partial charge is 0.333 e. The molecule has 7 heteroatoms. The lowest BCUT2D eigenvalue weighted by molar-refractivity contribution is -0.134. The SMILES string of the molecule is O=C1C=C(N(c2[nH]c3ccccc3c2-c2cnc(Cl)c(F)c2)C2CC2)CO1. The lowest BCUT2D eigenvalue weighted by Gasteiger charge is -2.25. The van der Waals surface area contributed by atoms with Crippen molar-refractivity contribution in [3.63, 3.8) is 0 Å². The molecule has 1 saturated carbocycles. The second-order valence-corrected chi connectivity index (χ2v) is 7.09. The molecule has 0 radical (unpaired) electrons. The van der Waals surface area contributed by atoms with Gasteiger partial charge in [-0.15, -0.1) is 0 Å². The van der Waals surface area contributed by atoms with Crippen LogP contribution in [0.2, 0.25) is 5.15 Å². The van der Waals surface area contributed by atoms with Gasteiger partial charge in [-0.05, 0) is 25.0 Å². The Hall–Kier alpha value is -2.86. The first kappa shape index (κ1) is 16.3. The summed E-state index contributed by atoms with van der Waals surface area (Å²) in [5.74, 6) is -0.0961. The molecule has 2 aliphatic rings. The first-order valence-corrected chi connectivity index (χ1v) is 9.08. The van der Waals surface area contributed by atoms with E-state index in [0.29, 0.717) is 5.56 Å². The molecular weight excluding hydrogens is 369 g/mol. The van der Waals surface area contributed by atoms with Gasteiger partial charge in [0.1, 0.15) is 12.4 Å². The molecule has 0 unspecified atom stereocenters. The van der Waals surface area contributed by atoms with Crippen molar-refractivity contribution in [2.75, 3.05) is 11.5 Å². The van der Waals surface area contributed by atoms with E-state index in [1.165, 1.54) is 12.1 Å². The summed E-state index contributed by atoms with van der Waals surface area (Å²) < 4.78 is 19.3. The molecule has 136 valence electrons. The monoisotopic (exact) mass is 383 g/mol. The Kier molecular flexibility index (Phi) is 3.68. The van der Waals surface area contributed by atoms with Gasteiger partial charge in [0.25, 0.3) is 0 Å². The van der Waals surface area contributed by atoms with E-state index in [1.54, 1.807) is 6.20 Å². The number of rotatable bonds is 4. The number of benzene rings is 1. The number of hydrogen-bond acceptors (Lipinski definition) is 4. The van der Waals surface area contributed by atoms with E-state index in [-0.39, 0.29) is 23.8 Å². The van der Waals surface area contributed by atoms with E-state index in [9.17, 15) is 9.18 Å². The fourth-order valence-electron chi connectivity index (χ4n) is 3.56. The number of nitrogens with zero attached hydrogens (tertiary/aromatic N) is 2. The highest BCUT2D eigenvalue weighted by atomic mass is 35.5. The van der Waals surface area contributed by atoms with E-state index in [0.717, 1.165) is 40.8 Å². The third-order valence-corrected chi connectivity index (χ3v) is 5.16. The van der Waals surface area contributed by atoms with Crippen LogP contribution < -0.4 is 4.90 Å². The first-order chi connectivity index (χ1) is 13.1. The topological polar surface area (TPSA) is 58.2 Å². The summed E-state index contributed by atoms with van der Waals surface area (Å²) in [5.41, 5.74) is 3.19. The fraction of sp³-hybridized carbons (Fsp3) is 0.200. The number of carbonyl (C=O) groups is 1. The first-order valence-electron chi connectivity index (χ1n) is 8.70. The largest absolute Gasteiger partial charge is 0.456 e. The number of ether oxygens (including phenoxy) is 1. The van der Waals surface area contributed by atoms with E-state index in [2.05, 4.69) is 14.9 Å². The summed E-state index contributed by atoms with van der Waals surface area (Å²) in [4.78, 5) is 21.2. The normalized spacial score (nSPS) is 16.5. The van der Waals surface area contributed by atoms with Crippen LogP contribution in [0.4, 0.5) is 10.2 Å². The van der Waals surface area contributed by atoms with Crippen LogP contribution in [0.15, 0.2) is 48.3 Å². The summed E-state index contributed by atoms with van der Waals surface area (Å²) >= 11 is 5.78. The van der Waals surface area contributed by atoms with Gasteiger partial charge in [0.15, 0.2) is 11.0 Å². The van der Waals surface area contributed by atoms with Crippen molar-refractivity contribution in [1.82, 2.24) is 9.97 Å². The number of H-pyrrole nitrogens is 1. The van der Waals surface area contributed by atoms with Crippen LogP contribution in [-0.4, -0.2) is 28.6 Å². The van der Waals surface area contributed by atoms with Crippen LogP contribution in [0, 0.1) is 5.82 Å². The molecule has 0 spiro atoms. The predicted molar refractivity (Wildman–Crippen MR) is 101 cm³/mol. The van der Waals surface area contributed by atoms with Crippen molar-refractivity contribution in [1.29, 1.82) is 0 Å². The molecule has 1 aliphatic carbocycles. The minimum atomic E-state index is -0.568. The van der Waals surface area contributed by atoms with Crippen molar-refractivity contribution in [3.05, 3.63) is 59.3 Å². The molecule has 5 rings (SSSR count). The number of nitrogens with one attached hydrogen (secondary N) is 1.